The summed E-state index contributed by atoms with van der Waals surface area (Å²) < 4.78 is 1.51. The fourth-order valence-corrected chi connectivity index (χ4v) is 1.53. The monoisotopic (exact) mass is 266 g/mol. The third-order valence-electron chi connectivity index (χ3n) is 2.45. The molecule has 1 rings (SSSR count). The molecule has 0 saturated carbocycles. The lowest BCUT2D eigenvalue weighted by Crippen LogP contribution is -2.27. The van der Waals surface area contributed by atoms with Gasteiger partial charge in [-0.1, -0.05) is 5.11 Å². The van der Waals surface area contributed by atoms with Gasteiger partial charge in [0.25, 0.3) is 11.6 Å². The van der Waals surface area contributed by atoms with E-state index in [0.717, 1.165) is 0 Å². The quantitative estimate of drug-likeness (QED) is 0.202. The normalized spacial score (nSPS) is 9.74. The Morgan fingerprint density at radius 3 is 3.00 bits per heavy atom. The van der Waals surface area contributed by atoms with Gasteiger partial charge in [-0.25, -0.2) is 0 Å². The van der Waals surface area contributed by atoms with Crippen LogP contribution in [0, 0.1) is 10.1 Å². The molecule has 102 valence electrons. The molecule has 9 nitrogen and oxygen atoms in total. The molecule has 1 amide bonds. The van der Waals surface area contributed by atoms with Gasteiger partial charge in [0, 0.05) is 30.6 Å². The van der Waals surface area contributed by atoms with Crippen LogP contribution in [0.4, 0.5) is 5.69 Å². The number of carbonyl (C=O) groups excluding carboxylic acids is 1. The van der Waals surface area contributed by atoms with Crippen LogP contribution in [0.15, 0.2) is 17.4 Å². The van der Waals surface area contributed by atoms with E-state index >= 15 is 0 Å². The molecule has 0 spiro atoms. The lowest BCUT2D eigenvalue weighted by molar-refractivity contribution is -0.384. The highest BCUT2D eigenvalue weighted by Crippen LogP contribution is 2.16. The molecule has 1 N–H and O–H groups in total. The summed E-state index contributed by atoms with van der Waals surface area (Å²) in [6.07, 6.45) is 1.85. The lowest BCUT2D eigenvalue weighted by atomic mass is 10.3. The number of aryl methyl sites for hydroxylation is 1. The van der Waals surface area contributed by atoms with Crippen molar-refractivity contribution in [2.45, 2.75) is 19.9 Å². The minimum atomic E-state index is -0.537. The van der Waals surface area contributed by atoms with Gasteiger partial charge in [0.1, 0.15) is 5.69 Å². The molecule has 9 heteroatoms. The first kappa shape index (κ1) is 14.5. The van der Waals surface area contributed by atoms with Crippen molar-refractivity contribution < 1.29 is 9.72 Å². The van der Waals surface area contributed by atoms with E-state index in [4.69, 9.17) is 5.53 Å². The number of hydrogen-bond donors (Lipinski definition) is 1. The lowest BCUT2D eigenvalue weighted by Gasteiger charge is -2.06. The number of aromatic nitrogens is 1. The van der Waals surface area contributed by atoms with Crippen LogP contribution in [0.2, 0.25) is 0 Å². The highest BCUT2D eigenvalue weighted by Gasteiger charge is 2.17. The number of amides is 1. The Kier molecular flexibility index (Phi) is 5.36. The van der Waals surface area contributed by atoms with E-state index in [0.29, 0.717) is 26.1 Å². The van der Waals surface area contributed by atoms with E-state index in [1.165, 1.54) is 16.8 Å². The van der Waals surface area contributed by atoms with Crippen LogP contribution in [0.1, 0.15) is 23.8 Å². The largest absolute Gasteiger partial charge is 0.351 e. The van der Waals surface area contributed by atoms with Gasteiger partial charge in [-0.05, 0) is 18.9 Å². The van der Waals surface area contributed by atoms with E-state index in [9.17, 15) is 14.9 Å². The molecule has 0 saturated heterocycles. The van der Waals surface area contributed by atoms with Crippen LogP contribution in [0.5, 0.6) is 0 Å². The molecule has 0 fully saturated rings. The maximum absolute atomic E-state index is 11.8. The summed E-state index contributed by atoms with van der Waals surface area (Å²) in [5.74, 6) is -0.379. The summed E-state index contributed by atoms with van der Waals surface area (Å²) in [6.45, 7) is 2.91. The van der Waals surface area contributed by atoms with Crippen molar-refractivity contribution in [3.05, 3.63) is 38.5 Å². The van der Waals surface area contributed by atoms with Gasteiger partial charge < -0.3 is 9.88 Å². The third kappa shape index (κ3) is 4.00. The van der Waals surface area contributed by atoms with Crippen molar-refractivity contribution in [3.8, 4) is 0 Å². The minimum Gasteiger partial charge on any atom is -0.351 e. The van der Waals surface area contributed by atoms with Crippen molar-refractivity contribution in [1.29, 1.82) is 0 Å². The third-order valence-corrected chi connectivity index (χ3v) is 2.45. The molecule has 1 aromatic rings. The van der Waals surface area contributed by atoms with Crippen LogP contribution >= 0.6 is 0 Å². The average molecular weight is 266 g/mol. The second-order valence-electron chi connectivity index (χ2n) is 3.69. The average Bonchev–Trinajstić information content (AvgIpc) is 2.82. The van der Waals surface area contributed by atoms with Crippen molar-refractivity contribution in [2.24, 2.45) is 5.11 Å². The topological polar surface area (TPSA) is 126 Å². The number of nitro groups is 1. The maximum atomic E-state index is 11.8. The molecule has 1 heterocycles. The van der Waals surface area contributed by atoms with Gasteiger partial charge in [0.05, 0.1) is 11.1 Å². The van der Waals surface area contributed by atoms with Crippen LogP contribution < -0.4 is 5.32 Å². The van der Waals surface area contributed by atoms with E-state index in [1.807, 2.05) is 0 Å². The first-order valence-electron chi connectivity index (χ1n) is 5.73. The second kappa shape index (κ2) is 7.02. The Balaban J connectivity index is 2.65. The van der Waals surface area contributed by atoms with Gasteiger partial charge in [-0.2, -0.15) is 0 Å². The van der Waals surface area contributed by atoms with E-state index in [1.54, 1.807) is 6.92 Å². The van der Waals surface area contributed by atoms with Crippen LogP contribution in [-0.4, -0.2) is 28.5 Å². The molecule has 0 atom stereocenters. The van der Waals surface area contributed by atoms with Gasteiger partial charge in [0.15, 0.2) is 0 Å². The summed E-state index contributed by atoms with van der Waals surface area (Å²) in [5, 5.41) is 16.6. The van der Waals surface area contributed by atoms with Gasteiger partial charge >= 0.3 is 0 Å². The molecule has 0 unspecified atom stereocenters. The van der Waals surface area contributed by atoms with E-state index in [-0.39, 0.29) is 17.3 Å². The summed E-state index contributed by atoms with van der Waals surface area (Å²) in [4.78, 5) is 24.5. The molecular formula is C10H14N6O3. The van der Waals surface area contributed by atoms with Gasteiger partial charge in [-0.15, -0.1) is 0 Å². The summed E-state index contributed by atoms with van der Waals surface area (Å²) in [7, 11) is 0. The smallest absolute Gasteiger partial charge is 0.287 e. The fourth-order valence-electron chi connectivity index (χ4n) is 1.53. The molecule has 0 aliphatic rings. The van der Waals surface area contributed by atoms with Crippen molar-refractivity contribution in [2.75, 3.05) is 13.1 Å². The summed E-state index contributed by atoms with van der Waals surface area (Å²) in [6, 6.07) is 1.24. The molecular weight excluding hydrogens is 252 g/mol. The van der Waals surface area contributed by atoms with Gasteiger partial charge in [0.2, 0.25) is 0 Å². The van der Waals surface area contributed by atoms with E-state index in [2.05, 4.69) is 15.3 Å². The Bertz CT molecular complexity index is 517. The molecule has 1 aromatic heterocycles. The van der Waals surface area contributed by atoms with Gasteiger partial charge in [-0.3, -0.25) is 14.9 Å². The number of azide groups is 1. The molecule has 19 heavy (non-hydrogen) atoms. The number of nitrogens with one attached hydrogen (secondary N) is 1. The molecule has 0 aliphatic heterocycles. The number of rotatable bonds is 7. The fraction of sp³-hybridized carbons (Fsp3) is 0.500. The Labute approximate surface area is 109 Å². The summed E-state index contributed by atoms with van der Waals surface area (Å²) >= 11 is 0. The van der Waals surface area contributed by atoms with E-state index < -0.39 is 4.92 Å². The Hall–Kier alpha value is -2.54. The minimum absolute atomic E-state index is 0.110. The van der Waals surface area contributed by atoms with Crippen molar-refractivity contribution >= 4 is 11.6 Å². The van der Waals surface area contributed by atoms with Crippen LogP contribution in [0.3, 0.4) is 0 Å². The number of nitrogens with zero attached hydrogens (tertiary/aromatic N) is 5. The predicted octanol–water partition coefficient (Wildman–Crippen LogP) is 1.85. The number of carbonyl (C=O) groups is 1. The highest BCUT2D eigenvalue weighted by molar-refractivity contribution is 5.93. The van der Waals surface area contributed by atoms with Crippen molar-refractivity contribution in [1.82, 2.24) is 9.88 Å². The standard InChI is InChI=1S/C10H14N6O3/c1-2-15-7-8(16(18)19)6-9(15)10(17)12-4-3-5-13-14-11/h6-7H,2-5H2,1H3,(H,12,17). The predicted molar refractivity (Wildman–Crippen MR) is 67.7 cm³/mol. The second-order valence-corrected chi connectivity index (χ2v) is 3.69. The molecule has 0 aromatic carbocycles. The zero-order valence-corrected chi connectivity index (χ0v) is 10.4. The highest BCUT2D eigenvalue weighted by atomic mass is 16.6. The Morgan fingerprint density at radius 1 is 1.68 bits per heavy atom. The first-order valence-corrected chi connectivity index (χ1v) is 5.73. The van der Waals surface area contributed by atoms with Crippen LogP contribution in [0.25, 0.3) is 10.4 Å². The number of hydrogen-bond acceptors (Lipinski definition) is 4. The van der Waals surface area contributed by atoms with Crippen LogP contribution in [-0.2, 0) is 6.54 Å². The zero-order chi connectivity index (χ0) is 14.3. The Morgan fingerprint density at radius 2 is 2.42 bits per heavy atom. The molecule has 0 bridgehead atoms. The van der Waals surface area contributed by atoms with Crippen molar-refractivity contribution in [3.63, 3.8) is 0 Å². The first-order chi connectivity index (χ1) is 9.10. The maximum Gasteiger partial charge on any atom is 0.287 e. The zero-order valence-electron chi connectivity index (χ0n) is 10.4. The molecule has 0 aliphatic carbocycles. The summed E-state index contributed by atoms with van der Waals surface area (Å²) in [5.41, 5.74) is 8.22. The molecule has 0 radical (unpaired) electrons. The SMILES string of the molecule is CCn1cc([N+](=O)[O-])cc1C(=O)NCCCN=[N+]=[N-].